The Kier molecular flexibility index (Phi) is 7.72. The average Bonchev–Trinajstić information content (AvgIpc) is 3.33. The van der Waals surface area contributed by atoms with Crippen LogP contribution in [-0.2, 0) is 32.3 Å². The first-order valence-corrected chi connectivity index (χ1v) is 14.8. The van der Waals surface area contributed by atoms with E-state index in [1.807, 2.05) is 24.3 Å². The van der Waals surface area contributed by atoms with Crippen LogP contribution >= 0.6 is 0 Å². The van der Waals surface area contributed by atoms with E-state index in [0.29, 0.717) is 41.6 Å². The molecule has 0 unspecified atom stereocenters. The van der Waals surface area contributed by atoms with Crippen LogP contribution in [0.15, 0.2) is 87.7 Å². The summed E-state index contributed by atoms with van der Waals surface area (Å²) in [6, 6.07) is 7.40. The molecule has 0 aromatic heterocycles. The highest BCUT2D eigenvalue weighted by Crippen LogP contribution is 2.43. The topological polar surface area (TPSA) is 74.8 Å². The molecule has 42 heavy (non-hydrogen) atoms. The zero-order valence-electron chi connectivity index (χ0n) is 25.6. The fourth-order valence-electron chi connectivity index (χ4n) is 5.89. The van der Waals surface area contributed by atoms with Crippen LogP contribution in [0.25, 0.3) is 0 Å². The second kappa shape index (κ2) is 11.0. The van der Waals surface area contributed by atoms with Crippen molar-refractivity contribution >= 4 is 23.6 Å². The minimum absolute atomic E-state index is 0.0700. The van der Waals surface area contributed by atoms with Gasteiger partial charge in [-0.3, -0.25) is 29.0 Å². The van der Waals surface area contributed by atoms with E-state index in [1.165, 1.54) is 20.9 Å². The summed E-state index contributed by atoms with van der Waals surface area (Å²) in [6.45, 7) is 13.7. The third-order valence-electron chi connectivity index (χ3n) is 9.22. The first kappa shape index (κ1) is 29.5. The van der Waals surface area contributed by atoms with Gasteiger partial charge in [-0.1, -0.05) is 82.2 Å². The molecule has 0 fully saturated rings. The molecular formula is C36H40N2O4. The van der Waals surface area contributed by atoms with E-state index < -0.39 is 0 Å². The zero-order valence-corrected chi connectivity index (χ0v) is 25.6. The summed E-state index contributed by atoms with van der Waals surface area (Å²) in [5.41, 5.74) is 9.42. The van der Waals surface area contributed by atoms with Gasteiger partial charge in [-0.2, -0.15) is 0 Å². The lowest BCUT2D eigenvalue weighted by Crippen LogP contribution is -2.31. The second-order valence-electron chi connectivity index (χ2n) is 13.4. The molecule has 0 N–H and O–H groups in total. The number of imide groups is 2. The number of allylic oxidation sites excluding steroid dienone is 4. The lowest BCUT2D eigenvalue weighted by Gasteiger charge is -2.30. The highest BCUT2D eigenvalue weighted by molar-refractivity contribution is 6.21. The summed E-state index contributed by atoms with van der Waals surface area (Å²) in [6.07, 6.45) is 11.2. The van der Waals surface area contributed by atoms with Gasteiger partial charge in [0.1, 0.15) is 0 Å². The Hall–Kier alpha value is -4.02. The number of hydrogen-bond donors (Lipinski definition) is 0. The second-order valence-corrected chi connectivity index (χ2v) is 13.4. The maximum absolute atomic E-state index is 13.4. The molecular weight excluding hydrogens is 524 g/mol. The van der Waals surface area contributed by atoms with Gasteiger partial charge in [-0.15, -0.1) is 5.73 Å². The smallest absolute Gasteiger partial charge is 0.262 e. The molecule has 0 atom stereocenters. The van der Waals surface area contributed by atoms with Crippen molar-refractivity contribution in [2.45, 2.75) is 86.7 Å². The fourth-order valence-corrected chi connectivity index (χ4v) is 5.89. The van der Waals surface area contributed by atoms with Gasteiger partial charge in [0.15, 0.2) is 0 Å². The minimum Gasteiger partial charge on any atom is -0.270 e. The van der Waals surface area contributed by atoms with E-state index in [1.54, 1.807) is 12.2 Å². The molecule has 1 aromatic rings. The summed E-state index contributed by atoms with van der Waals surface area (Å²) in [5.74, 6) is -0.958. The van der Waals surface area contributed by atoms with Crippen LogP contribution in [0.3, 0.4) is 0 Å². The molecule has 6 nitrogen and oxygen atoms in total. The van der Waals surface area contributed by atoms with Gasteiger partial charge in [0.25, 0.3) is 23.6 Å². The number of carbonyl (C=O) groups excluding carboxylic acids is 4. The Labute approximate surface area is 248 Å². The number of benzene rings is 1. The number of rotatable bonds is 8. The molecule has 1 aromatic carbocycles. The van der Waals surface area contributed by atoms with E-state index >= 15 is 0 Å². The van der Waals surface area contributed by atoms with Gasteiger partial charge >= 0.3 is 0 Å². The maximum atomic E-state index is 13.4. The highest BCUT2D eigenvalue weighted by Gasteiger charge is 2.41. The maximum Gasteiger partial charge on any atom is 0.262 e. The van der Waals surface area contributed by atoms with Gasteiger partial charge < -0.3 is 0 Å². The van der Waals surface area contributed by atoms with Crippen molar-refractivity contribution in [3.8, 4) is 0 Å². The Morgan fingerprint density at radius 3 is 1.98 bits per heavy atom. The number of carbonyl (C=O) groups is 4. The van der Waals surface area contributed by atoms with Crippen LogP contribution in [0.5, 0.6) is 0 Å². The first-order valence-electron chi connectivity index (χ1n) is 14.8. The molecule has 2 heterocycles. The van der Waals surface area contributed by atoms with Crippen molar-refractivity contribution in [1.82, 2.24) is 9.80 Å². The normalized spacial score (nSPS) is 19.4. The molecule has 4 aliphatic rings. The van der Waals surface area contributed by atoms with E-state index in [2.05, 4.69) is 59.4 Å². The minimum atomic E-state index is -0.294. The van der Waals surface area contributed by atoms with E-state index in [0.717, 1.165) is 24.0 Å². The molecule has 0 bridgehead atoms. The molecule has 6 heteroatoms. The predicted octanol–water partition coefficient (Wildman–Crippen LogP) is 6.65. The molecule has 5 rings (SSSR count). The van der Waals surface area contributed by atoms with Gasteiger partial charge in [0, 0.05) is 23.1 Å². The van der Waals surface area contributed by atoms with E-state index in [9.17, 15) is 19.2 Å². The molecule has 2 aliphatic heterocycles. The summed E-state index contributed by atoms with van der Waals surface area (Å²) in [4.78, 5) is 54.8. The molecule has 0 radical (unpaired) electrons. The summed E-state index contributed by atoms with van der Waals surface area (Å²) in [5, 5.41) is 0. The highest BCUT2D eigenvalue weighted by atomic mass is 16.2. The summed E-state index contributed by atoms with van der Waals surface area (Å²) < 4.78 is 0. The van der Waals surface area contributed by atoms with E-state index in [4.69, 9.17) is 0 Å². The third-order valence-corrected chi connectivity index (χ3v) is 9.22. The van der Waals surface area contributed by atoms with Crippen LogP contribution in [0.2, 0.25) is 0 Å². The van der Waals surface area contributed by atoms with Crippen molar-refractivity contribution in [3.63, 3.8) is 0 Å². The Bertz CT molecular complexity index is 1560. The Balaban J connectivity index is 1.19. The standard InChI is InChI=1S/C36H40N2O4/c1-23(35(2,3)4)10-9-19-36(5,6)26-17-18-29-30(20-26)34(42)38(33(29)41)22-25-15-13-24(14-16-25)21-37-31(39)27-11-7-8-12-28(27)32(37)40/h7,10,12-17H,9,11,18-22H2,1-6H3/b23-10+. The number of nitrogens with zero attached hydrogens (tertiary/aromatic N) is 2. The third kappa shape index (κ3) is 5.56. The molecule has 0 spiro atoms. The predicted molar refractivity (Wildman–Crippen MR) is 162 cm³/mol. The van der Waals surface area contributed by atoms with Crippen LogP contribution in [0, 0.1) is 10.8 Å². The first-order chi connectivity index (χ1) is 19.8. The monoisotopic (exact) mass is 564 g/mol. The largest absolute Gasteiger partial charge is 0.270 e. The number of amides is 4. The van der Waals surface area contributed by atoms with Crippen molar-refractivity contribution in [3.05, 3.63) is 98.9 Å². The molecule has 4 amide bonds. The summed E-state index contributed by atoms with van der Waals surface area (Å²) in [7, 11) is 0. The SMILES string of the molecule is C/C(=C\CCC(C)(C)C1=CCC2=C(C1)C(=O)N(Cc1ccc(CN3C(=O)C4=C(CC=C=C4)C3=O)cc1)C2=O)C(C)(C)C. The van der Waals surface area contributed by atoms with Gasteiger partial charge in [0.05, 0.1) is 18.7 Å². The van der Waals surface area contributed by atoms with Gasteiger partial charge in [-0.05, 0) is 66.7 Å². The molecule has 0 saturated carbocycles. The van der Waals surface area contributed by atoms with Crippen molar-refractivity contribution < 1.29 is 19.2 Å². The van der Waals surface area contributed by atoms with Crippen LogP contribution in [0.4, 0.5) is 0 Å². The number of hydrogen-bond acceptors (Lipinski definition) is 4. The lowest BCUT2D eigenvalue weighted by atomic mass is 9.74. The quantitative estimate of drug-likeness (QED) is 0.201. The van der Waals surface area contributed by atoms with Crippen LogP contribution < -0.4 is 0 Å². The van der Waals surface area contributed by atoms with Gasteiger partial charge in [-0.25, -0.2) is 0 Å². The molecule has 0 saturated heterocycles. The zero-order chi connectivity index (χ0) is 30.4. The van der Waals surface area contributed by atoms with Crippen LogP contribution in [-0.4, -0.2) is 33.4 Å². The van der Waals surface area contributed by atoms with E-state index in [-0.39, 0.29) is 47.5 Å². The van der Waals surface area contributed by atoms with Crippen molar-refractivity contribution in [2.24, 2.45) is 10.8 Å². The van der Waals surface area contributed by atoms with Crippen molar-refractivity contribution in [1.29, 1.82) is 0 Å². The Morgan fingerprint density at radius 2 is 1.38 bits per heavy atom. The Morgan fingerprint density at radius 1 is 0.810 bits per heavy atom. The molecule has 218 valence electrons. The lowest BCUT2D eigenvalue weighted by molar-refractivity contribution is -0.139. The summed E-state index contributed by atoms with van der Waals surface area (Å²) >= 11 is 0. The van der Waals surface area contributed by atoms with Crippen LogP contribution in [0.1, 0.15) is 84.8 Å². The average molecular weight is 565 g/mol. The fraction of sp³-hybridized carbons (Fsp3) is 0.417. The molecule has 2 aliphatic carbocycles. The van der Waals surface area contributed by atoms with Crippen molar-refractivity contribution in [2.75, 3.05) is 0 Å². The van der Waals surface area contributed by atoms with Gasteiger partial charge in [0.2, 0.25) is 0 Å².